The van der Waals surface area contributed by atoms with E-state index in [1.165, 1.54) is 4.90 Å². The van der Waals surface area contributed by atoms with Crippen molar-refractivity contribution in [2.45, 2.75) is 19.6 Å². The Labute approximate surface area is 136 Å². The molecule has 0 unspecified atom stereocenters. The first-order chi connectivity index (χ1) is 11.3. The molecule has 0 atom stereocenters. The topological polar surface area (TPSA) is 65.2 Å². The zero-order valence-electron chi connectivity index (χ0n) is 12.9. The number of nitrogens with one attached hydrogen (secondary N) is 2. The van der Waals surface area contributed by atoms with Crippen LogP contribution in [0.4, 0.5) is 23.7 Å². The van der Waals surface area contributed by atoms with Gasteiger partial charge in [-0.1, -0.05) is 30.3 Å². The first kappa shape index (κ1) is 17.6. The van der Waals surface area contributed by atoms with Gasteiger partial charge in [0.15, 0.2) is 0 Å². The number of carbonyl (C=O) groups is 1. The molecule has 0 saturated heterocycles. The quantitative estimate of drug-likeness (QED) is 0.896. The summed E-state index contributed by atoms with van der Waals surface area (Å²) in [5, 5.41) is 2.24. The third-order valence-electron chi connectivity index (χ3n) is 3.36. The summed E-state index contributed by atoms with van der Waals surface area (Å²) < 4.78 is 38.1. The van der Waals surface area contributed by atoms with Gasteiger partial charge in [0.1, 0.15) is 5.69 Å². The van der Waals surface area contributed by atoms with E-state index < -0.39 is 29.0 Å². The van der Waals surface area contributed by atoms with Crippen molar-refractivity contribution in [3.63, 3.8) is 0 Å². The number of rotatable bonds is 4. The lowest BCUT2D eigenvalue weighted by atomic mass is 10.2. The number of urea groups is 1. The van der Waals surface area contributed by atoms with Crippen LogP contribution in [0.1, 0.15) is 18.1 Å². The Morgan fingerprint density at radius 1 is 1.25 bits per heavy atom. The van der Waals surface area contributed by atoms with Gasteiger partial charge in [0.25, 0.3) is 5.56 Å². The van der Waals surface area contributed by atoms with Crippen molar-refractivity contribution in [3.8, 4) is 0 Å². The number of aromatic amines is 1. The Hall–Kier alpha value is -2.77. The van der Waals surface area contributed by atoms with E-state index in [4.69, 9.17) is 0 Å². The van der Waals surface area contributed by atoms with Crippen LogP contribution in [-0.4, -0.2) is 22.5 Å². The summed E-state index contributed by atoms with van der Waals surface area (Å²) in [5.41, 5.74) is -1.41. The van der Waals surface area contributed by atoms with Gasteiger partial charge in [-0.05, 0) is 18.6 Å². The van der Waals surface area contributed by atoms with E-state index in [-0.39, 0.29) is 6.54 Å². The number of amides is 2. The van der Waals surface area contributed by atoms with E-state index in [0.29, 0.717) is 18.8 Å². The van der Waals surface area contributed by atoms with E-state index in [0.717, 1.165) is 5.56 Å². The van der Waals surface area contributed by atoms with Crippen LogP contribution in [-0.2, 0) is 12.7 Å². The second-order valence-corrected chi connectivity index (χ2v) is 5.06. The molecule has 1 aromatic carbocycles. The minimum absolute atomic E-state index is 0.278. The van der Waals surface area contributed by atoms with E-state index in [1.54, 1.807) is 6.92 Å². The fourth-order valence-electron chi connectivity index (χ4n) is 2.07. The van der Waals surface area contributed by atoms with Crippen LogP contribution in [0.25, 0.3) is 0 Å². The fourth-order valence-corrected chi connectivity index (χ4v) is 2.07. The molecule has 0 spiro atoms. The van der Waals surface area contributed by atoms with Crippen molar-refractivity contribution < 1.29 is 18.0 Å². The monoisotopic (exact) mass is 339 g/mol. The molecule has 0 aliphatic carbocycles. The molecule has 8 heteroatoms. The number of alkyl halides is 3. The van der Waals surface area contributed by atoms with Crippen LogP contribution in [0.15, 0.2) is 47.4 Å². The van der Waals surface area contributed by atoms with Crippen molar-refractivity contribution in [1.29, 1.82) is 0 Å². The van der Waals surface area contributed by atoms with Crippen molar-refractivity contribution in [2.75, 3.05) is 11.9 Å². The van der Waals surface area contributed by atoms with Gasteiger partial charge in [-0.3, -0.25) is 4.79 Å². The highest BCUT2D eigenvalue weighted by Crippen LogP contribution is 2.29. The minimum Gasteiger partial charge on any atom is -0.327 e. The van der Waals surface area contributed by atoms with Gasteiger partial charge < -0.3 is 15.2 Å². The average molecular weight is 339 g/mol. The van der Waals surface area contributed by atoms with E-state index in [9.17, 15) is 22.8 Å². The summed E-state index contributed by atoms with van der Waals surface area (Å²) in [6.07, 6.45) is -4.04. The number of hydrogen-bond donors (Lipinski definition) is 2. The Bertz CT molecular complexity index is 757. The molecule has 2 N–H and O–H groups in total. The lowest BCUT2D eigenvalue weighted by Crippen LogP contribution is -2.35. The predicted octanol–water partition coefficient (Wildman–Crippen LogP) is 3.45. The van der Waals surface area contributed by atoms with E-state index >= 15 is 0 Å². The first-order valence-corrected chi connectivity index (χ1v) is 7.21. The van der Waals surface area contributed by atoms with Gasteiger partial charge in [-0.25, -0.2) is 4.79 Å². The van der Waals surface area contributed by atoms with E-state index in [2.05, 4.69) is 5.32 Å². The third-order valence-corrected chi connectivity index (χ3v) is 3.36. The van der Waals surface area contributed by atoms with Crippen molar-refractivity contribution >= 4 is 11.7 Å². The molecule has 0 aliphatic rings. The Kier molecular flexibility index (Phi) is 5.28. The number of H-pyrrole nitrogens is 1. The molecule has 2 rings (SSSR count). The molecule has 128 valence electrons. The molecule has 0 radical (unpaired) electrons. The van der Waals surface area contributed by atoms with Crippen LogP contribution in [0.5, 0.6) is 0 Å². The Morgan fingerprint density at radius 2 is 1.92 bits per heavy atom. The fraction of sp³-hybridized carbons (Fsp3) is 0.250. The number of nitrogens with zero attached hydrogens (tertiary/aromatic N) is 1. The summed E-state index contributed by atoms with van der Waals surface area (Å²) in [6.45, 7) is 2.34. The number of pyridine rings is 1. The summed E-state index contributed by atoms with van der Waals surface area (Å²) in [6, 6.07) is 9.10. The molecule has 2 amide bonds. The standard InChI is InChI=1S/C16H16F3N3O2/c1-2-22(10-11-6-4-3-5-7-11)15(24)21-13-8-12(16(17,18)19)9-20-14(13)23/h3-9H,2,10H2,1H3,(H,20,23)(H,21,24). The zero-order chi connectivity index (χ0) is 17.7. The maximum atomic E-state index is 12.7. The molecule has 0 saturated carbocycles. The molecule has 1 heterocycles. The highest BCUT2D eigenvalue weighted by molar-refractivity contribution is 5.89. The second-order valence-electron chi connectivity index (χ2n) is 5.06. The number of aromatic nitrogens is 1. The van der Waals surface area contributed by atoms with Gasteiger partial charge in [-0.2, -0.15) is 13.2 Å². The summed E-state index contributed by atoms with van der Waals surface area (Å²) in [5.74, 6) is 0. The van der Waals surface area contributed by atoms with Crippen LogP contribution in [0.3, 0.4) is 0 Å². The molecule has 0 bridgehead atoms. The summed E-state index contributed by atoms with van der Waals surface area (Å²) in [7, 11) is 0. The molecule has 1 aromatic heterocycles. The largest absolute Gasteiger partial charge is 0.417 e. The normalized spacial score (nSPS) is 11.2. The molecular formula is C16H16F3N3O2. The summed E-state index contributed by atoms with van der Waals surface area (Å²) in [4.78, 5) is 27.3. The average Bonchev–Trinajstić information content (AvgIpc) is 2.54. The number of anilines is 1. The van der Waals surface area contributed by atoms with E-state index in [1.807, 2.05) is 35.3 Å². The molecular weight excluding hydrogens is 323 g/mol. The van der Waals surface area contributed by atoms with Gasteiger partial charge in [0.2, 0.25) is 0 Å². The van der Waals surface area contributed by atoms with Crippen LogP contribution < -0.4 is 10.9 Å². The summed E-state index contributed by atoms with van der Waals surface area (Å²) >= 11 is 0. The maximum absolute atomic E-state index is 12.7. The van der Waals surface area contributed by atoms with Gasteiger partial charge >= 0.3 is 12.2 Å². The number of benzene rings is 1. The molecule has 2 aromatic rings. The predicted molar refractivity (Wildman–Crippen MR) is 83.6 cm³/mol. The maximum Gasteiger partial charge on any atom is 0.417 e. The molecule has 0 fully saturated rings. The SMILES string of the molecule is CCN(Cc1ccccc1)C(=O)Nc1cc(C(F)(F)F)c[nH]c1=O. The smallest absolute Gasteiger partial charge is 0.327 e. The third kappa shape index (κ3) is 4.37. The molecule has 0 aliphatic heterocycles. The van der Waals surface area contributed by atoms with Gasteiger partial charge in [-0.15, -0.1) is 0 Å². The van der Waals surface area contributed by atoms with Crippen LogP contribution in [0, 0.1) is 0 Å². The lowest BCUT2D eigenvalue weighted by Gasteiger charge is -2.21. The van der Waals surface area contributed by atoms with Crippen molar-refractivity contribution in [3.05, 3.63) is 64.1 Å². The second kappa shape index (κ2) is 7.20. The highest BCUT2D eigenvalue weighted by atomic mass is 19.4. The first-order valence-electron chi connectivity index (χ1n) is 7.21. The van der Waals surface area contributed by atoms with Gasteiger partial charge in [0, 0.05) is 19.3 Å². The van der Waals surface area contributed by atoms with Crippen LogP contribution in [0.2, 0.25) is 0 Å². The van der Waals surface area contributed by atoms with Gasteiger partial charge in [0.05, 0.1) is 5.56 Å². The minimum atomic E-state index is -4.61. The lowest BCUT2D eigenvalue weighted by molar-refractivity contribution is -0.137. The molecule has 24 heavy (non-hydrogen) atoms. The number of hydrogen-bond acceptors (Lipinski definition) is 2. The Balaban J connectivity index is 2.17. The number of carbonyl (C=O) groups excluding carboxylic acids is 1. The van der Waals surface area contributed by atoms with Crippen molar-refractivity contribution in [1.82, 2.24) is 9.88 Å². The van der Waals surface area contributed by atoms with Crippen molar-refractivity contribution in [2.24, 2.45) is 0 Å². The highest BCUT2D eigenvalue weighted by Gasteiger charge is 2.31. The Morgan fingerprint density at radius 3 is 2.50 bits per heavy atom. The zero-order valence-corrected chi connectivity index (χ0v) is 12.9. The van der Waals surface area contributed by atoms with Crippen LogP contribution >= 0.6 is 0 Å². The molecule has 5 nitrogen and oxygen atoms in total. The number of halogens is 3.